The van der Waals surface area contributed by atoms with E-state index in [1.165, 1.54) is 16.1 Å². The van der Waals surface area contributed by atoms with Crippen molar-refractivity contribution in [3.63, 3.8) is 0 Å². The first-order chi connectivity index (χ1) is 17.0. The van der Waals surface area contributed by atoms with Gasteiger partial charge in [-0.15, -0.1) is 0 Å². The van der Waals surface area contributed by atoms with Crippen LogP contribution in [0.5, 0.6) is 5.75 Å². The lowest BCUT2D eigenvalue weighted by Gasteiger charge is -2.23. The van der Waals surface area contributed by atoms with Crippen molar-refractivity contribution in [2.24, 2.45) is 0 Å². The predicted molar refractivity (Wildman–Crippen MR) is 146 cm³/mol. The van der Waals surface area contributed by atoms with Gasteiger partial charge >= 0.3 is 0 Å². The van der Waals surface area contributed by atoms with Crippen molar-refractivity contribution >= 4 is 21.6 Å². The lowest BCUT2D eigenvalue weighted by atomic mass is 9.87. The molecule has 0 unspecified atom stereocenters. The van der Waals surface area contributed by atoms with Gasteiger partial charge in [0.15, 0.2) is 0 Å². The molecule has 0 saturated carbocycles. The van der Waals surface area contributed by atoms with Crippen molar-refractivity contribution < 1.29 is 17.9 Å². The van der Waals surface area contributed by atoms with Crippen LogP contribution in [0, 0.1) is 0 Å². The zero-order valence-corrected chi connectivity index (χ0v) is 22.6. The van der Waals surface area contributed by atoms with Crippen LogP contribution in [0.15, 0.2) is 72.8 Å². The minimum atomic E-state index is -3.47. The van der Waals surface area contributed by atoms with E-state index in [1.807, 2.05) is 36.4 Å². The van der Waals surface area contributed by atoms with E-state index in [0.29, 0.717) is 24.4 Å². The number of nitrogens with one attached hydrogen (secondary N) is 1. The van der Waals surface area contributed by atoms with Gasteiger partial charge in [-0.3, -0.25) is 9.10 Å². The molecule has 6 nitrogen and oxygen atoms in total. The smallest absolute Gasteiger partial charge is 0.251 e. The Bertz CT molecular complexity index is 1240. The number of rotatable bonds is 10. The van der Waals surface area contributed by atoms with Gasteiger partial charge in [0, 0.05) is 5.56 Å². The molecule has 0 atom stereocenters. The maximum atomic E-state index is 12.5. The summed E-state index contributed by atoms with van der Waals surface area (Å²) in [4.78, 5) is 12.5. The number of aryl methyl sites for hydroxylation is 1. The quantitative estimate of drug-likeness (QED) is 0.376. The third-order valence-electron chi connectivity index (χ3n) is 5.95. The SMILES string of the molecule is CCc1ccc(N(Cc2ccc(C(=O)NCCOc3ccc(C(C)(C)C)cc3)cc2)S(C)(=O)=O)cc1. The number of carbonyl (C=O) groups excluding carboxylic acids is 1. The molecule has 0 radical (unpaired) electrons. The number of amides is 1. The second kappa shape index (κ2) is 11.6. The van der Waals surface area contributed by atoms with E-state index in [1.54, 1.807) is 24.3 Å². The Morgan fingerprint density at radius 2 is 1.47 bits per heavy atom. The number of benzene rings is 3. The molecular weight excluding hydrogens is 472 g/mol. The monoisotopic (exact) mass is 508 g/mol. The summed E-state index contributed by atoms with van der Waals surface area (Å²) in [5.41, 5.74) is 4.38. The molecule has 0 spiro atoms. The van der Waals surface area contributed by atoms with E-state index >= 15 is 0 Å². The van der Waals surface area contributed by atoms with Crippen LogP contribution in [0.1, 0.15) is 54.7 Å². The molecule has 1 amide bonds. The van der Waals surface area contributed by atoms with E-state index in [9.17, 15) is 13.2 Å². The van der Waals surface area contributed by atoms with Crippen LogP contribution in [0.4, 0.5) is 5.69 Å². The maximum absolute atomic E-state index is 12.5. The van der Waals surface area contributed by atoms with E-state index in [2.05, 4.69) is 45.1 Å². The Morgan fingerprint density at radius 3 is 2.00 bits per heavy atom. The minimum Gasteiger partial charge on any atom is -0.492 e. The summed E-state index contributed by atoms with van der Waals surface area (Å²) in [6, 6.07) is 22.5. The average Bonchev–Trinajstić information content (AvgIpc) is 2.84. The first kappa shape index (κ1) is 27.3. The highest BCUT2D eigenvalue weighted by Crippen LogP contribution is 2.24. The maximum Gasteiger partial charge on any atom is 0.251 e. The van der Waals surface area contributed by atoms with Crippen LogP contribution in [-0.2, 0) is 28.4 Å². The highest BCUT2D eigenvalue weighted by atomic mass is 32.2. The second-order valence-corrected chi connectivity index (χ2v) is 11.8. The molecule has 0 aliphatic heterocycles. The molecule has 7 heteroatoms. The highest BCUT2D eigenvalue weighted by Gasteiger charge is 2.18. The summed E-state index contributed by atoms with van der Waals surface area (Å²) >= 11 is 0. The lowest BCUT2D eigenvalue weighted by Crippen LogP contribution is -2.29. The third-order valence-corrected chi connectivity index (χ3v) is 7.09. The number of nitrogens with zero attached hydrogens (tertiary/aromatic N) is 1. The molecule has 0 aromatic heterocycles. The Labute approximate surface area is 215 Å². The molecule has 1 N–H and O–H groups in total. The summed E-state index contributed by atoms with van der Waals surface area (Å²) in [5, 5.41) is 2.86. The van der Waals surface area contributed by atoms with E-state index < -0.39 is 10.0 Å². The standard InChI is InChI=1S/C29H36N2O4S/c1-6-22-9-15-26(16-10-22)31(36(5,33)34)21-23-7-11-24(12-8-23)28(32)30-19-20-35-27-17-13-25(14-18-27)29(2,3)4/h7-18H,6,19-21H2,1-5H3,(H,30,32). The fraction of sp³-hybridized carbons (Fsp3) is 0.345. The summed E-state index contributed by atoms with van der Waals surface area (Å²) in [5.74, 6) is 0.560. The first-order valence-electron chi connectivity index (χ1n) is 12.1. The molecular formula is C29H36N2O4S. The van der Waals surface area contributed by atoms with Crippen molar-refractivity contribution in [3.05, 3.63) is 95.1 Å². The van der Waals surface area contributed by atoms with Gasteiger partial charge in [0.25, 0.3) is 5.91 Å². The Balaban J connectivity index is 1.54. The highest BCUT2D eigenvalue weighted by molar-refractivity contribution is 7.92. The molecule has 3 aromatic carbocycles. The third kappa shape index (κ3) is 7.59. The van der Waals surface area contributed by atoms with Gasteiger partial charge in [-0.1, -0.05) is 64.1 Å². The van der Waals surface area contributed by atoms with Gasteiger partial charge in [-0.05, 0) is 64.9 Å². The molecule has 0 aliphatic carbocycles. The first-order valence-corrected chi connectivity index (χ1v) is 14.0. The Kier molecular flexibility index (Phi) is 8.79. The molecule has 0 fully saturated rings. The molecule has 192 valence electrons. The number of hydrogen-bond acceptors (Lipinski definition) is 4. The van der Waals surface area contributed by atoms with Crippen LogP contribution in [0.3, 0.4) is 0 Å². The molecule has 36 heavy (non-hydrogen) atoms. The van der Waals surface area contributed by atoms with Crippen molar-refractivity contribution in [1.82, 2.24) is 5.32 Å². The van der Waals surface area contributed by atoms with E-state index in [4.69, 9.17) is 4.74 Å². The topological polar surface area (TPSA) is 75.7 Å². The van der Waals surface area contributed by atoms with Gasteiger partial charge in [0.1, 0.15) is 12.4 Å². The summed E-state index contributed by atoms with van der Waals surface area (Å²) in [6.07, 6.45) is 2.09. The fourth-order valence-electron chi connectivity index (χ4n) is 3.71. The zero-order valence-electron chi connectivity index (χ0n) is 21.7. The summed E-state index contributed by atoms with van der Waals surface area (Å²) in [6.45, 7) is 9.47. The van der Waals surface area contributed by atoms with Gasteiger partial charge in [0.05, 0.1) is 25.0 Å². The van der Waals surface area contributed by atoms with Crippen molar-refractivity contribution in [3.8, 4) is 5.75 Å². The number of carbonyl (C=O) groups is 1. The van der Waals surface area contributed by atoms with Crippen molar-refractivity contribution in [2.75, 3.05) is 23.7 Å². The number of anilines is 1. The van der Waals surface area contributed by atoms with Crippen LogP contribution in [0.25, 0.3) is 0 Å². The molecule has 0 heterocycles. The summed E-state index contributed by atoms with van der Waals surface area (Å²) < 4.78 is 32.0. The molecule has 0 aliphatic rings. The van der Waals surface area contributed by atoms with Crippen LogP contribution >= 0.6 is 0 Å². The normalized spacial score (nSPS) is 11.7. The molecule has 3 rings (SSSR count). The minimum absolute atomic E-state index is 0.0887. The fourth-order valence-corrected chi connectivity index (χ4v) is 4.60. The van der Waals surface area contributed by atoms with Crippen LogP contribution in [0.2, 0.25) is 0 Å². The molecule has 0 bridgehead atoms. The summed E-state index contributed by atoms with van der Waals surface area (Å²) in [7, 11) is -3.47. The Morgan fingerprint density at radius 1 is 0.889 bits per heavy atom. The van der Waals surface area contributed by atoms with Gasteiger partial charge in [-0.25, -0.2) is 8.42 Å². The van der Waals surface area contributed by atoms with Crippen LogP contribution < -0.4 is 14.4 Å². The predicted octanol–water partition coefficient (Wildman–Crippen LogP) is 5.32. The zero-order chi connectivity index (χ0) is 26.3. The van der Waals surface area contributed by atoms with Gasteiger partial charge in [-0.2, -0.15) is 0 Å². The average molecular weight is 509 g/mol. The number of sulfonamides is 1. The number of hydrogen-bond donors (Lipinski definition) is 1. The number of ether oxygens (including phenoxy) is 1. The second-order valence-electron chi connectivity index (χ2n) is 9.87. The van der Waals surface area contributed by atoms with E-state index in [-0.39, 0.29) is 17.9 Å². The van der Waals surface area contributed by atoms with Crippen molar-refractivity contribution in [1.29, 1.82) is 0 Å². The largest absolute Gasteiger partial charge is 0.492 e. The molecule has 3 aromatic rings. The van der Waals surface area contributed by atoms with Gasteiger partial charge in [0.2, 0.25) is 10.0 Å². The van der Waals surface area contributed by atoms with E-state index in [0.717, 1.165) is 23.3 Å². The van der Waals surface area contributed by atoms with Crippen molar-refractivity contribution in [2.45, 2.75) is 46.1 Å². The van der Waals surface area contributed by atoms with Crippen LogP contribution in [-0.4, -0.2) is 33.7 Å². The molecule has 0 saturated heterocycles. The van der Waals surface area contributed by atoms with Gasteiger partial charge < -0.3 is 10.1 Å². The Hall–Kier alpha value is -3.32. The lowest BCUT2D eigenvalue weighted by molar-refractivity contribution is 0.0947.